The van der Waals surface area contributed by atoms with Gasteiger partial charge in [-0.3, -0.25) is 0 Å². The fourth-order valence-corrected chi connectivity index (χ4v) is 2.87. The predicted octanol–water partition coefficient (Wildman–Crippen LogP) is 3.25. The van der Waals surface area contributed by atoms with Crippen molar-refractivity contribution >= 4 is 22.2 Å². The highest BCUT2D eigenvalue weighted by Crippen LogP contribution is 2.29. The third-order valence-electron chi connectivity index (χ3n) is 2.77. The van der Waals surface area contributed by atoms with Gasteiger partial charge in [-0.2, -0.15) is 0 Å². The molecule has 0 aliphatic carbocycles. The van der Waals surface area contributed by atoms with E-state index in [9.17, 15) is 0 Å². The van der Waals surface area contributed by atoms with Crippen molar-refractivity contribution in [2.75, 3.05) is 19.0 Å². The smallest absolute Gasteiger partial charge is 0.189 e. The van der Waals surface area contributed by atoms with Gasteiger partial charge in [0.1, 0.15) is 0 Å². The molecule has 0 fully saturated rings. The van der Waals surface area contributed by atoms with E-state index in [1.165, 1.54) is 21.7 Å². The third kappa shape index (κ3) is 2.89. The van der Waals surface area contributed by atoms with Gasteiger partial charge in [0.05, 0.1) is 0 Å². The average Bonchev–Trinajstić information content (AvgIpc) is 2.76. The van der Waals surface area contributed by atoms with Crippen molar-refractivity contribution in [2.24, 2.45) is 0 Å². The maximum Gasteiger partial charge on any atom is 0.189 e. The monoisotopic (exact) mass is 261 g/mol. The molecule has 1 heterocycles. The molecule has 0 unspecified atom stereocenters. The Morgan fingerprint density at radius 3 is 2.50 bits per heavy atom. The molecule has 0 amide bonds. The number of rotatable bonds is 4. The van der Waals surface area contributed by atoms with E-state index < -0.39 is 0 Å². The fourth-order valence-electron chi connectivity index (χ4n) is 1.96. The first kappa shape index (κ1) is 13.1. The summed E-state index contributed by atoms with van der Waals surface area (Å²) >= 11 is 1.72. The minimum absolute atomic E-state index is 0.873. The van der Waals surface area contributed by atoms with Gasteiger partial charge in [0.15, 0.2) is 5.13 Å². The van der Waals surface area contributed by atoms with Crippen LogP contribution in [0.1, 0.15) is 16.0 Å². The van der Waals surface area contributed by atoms with E-state index >= 15 is 0 Å². The van der Waals surface area contributed by atoms with Gasteiger partial charge < -0.3 is 10.2 Å². The lowest BCUT2D eigenvalue weighted by Gasteiger charge is -2.17. The molecule has 0 saturated carbocycles. The van der Waals surface area contributed by atoms with Crippen LogP contribution in [0.15, 0.2) is 24.4 Å². The lowest BCUT2D eigenvalue weighted by atomic mass is 10.1. The highest BCUT2D eigenvalue weighted by Gasteiger charge is 2.09. The van der Waals surface area contributed by atoms with Crippen LogP contribution >= 0.6 is 11.3 Å². The van der Waals surface area contributed by atoms with Gasteiger partial charge in [-0.05, 0) is 44.2 Å². The molecule has 2 aromatic rings. The Morgan fingerprint density at radius 2 is 1.89 bits per heavy atom. The van der Waals surface area contributed by atoms with E-state index in [-0.39, 0.29) is 0 Å². The fraction of sp³-hybridized carbons (Fsp3) is 0.357. The summed E-state index contributed by atoms with van der Waals surface area (Å²) in [6, 6.07) is 6.56. The first-order valence-electron chi connectivity index (χ1n) is 6.01. The van der Waals surface area contributed by atoms with E-state index in [1.807, 2.05) is 13.2 Å². The molecule has 0 aliphatic rings. The summed E-state index contributed by atoms with van der Waals surface area (Å²) in [5, 5.41) is 4.18. The Hall–Kier alpha value is -1.39. The number of hydrogen-bond acceptors (Lipinski definition) is 4. The quantitative estimate of drug-likeness (QED) is 0.915. The largest absolute Gasteiger partial charge is 0.321 e. The molecule has 0 spiro atoms. The van der Waals surface area contributed by atoms with E-state index in [0.717, 1.165) is 11.7 Å². The molecule has 1 aromatic heterocycles. The van der Waals surface area contributed by atoms with Crippen LogP contribution in [-0.4, -0.2) is 19.1 Å². The molecule has 3 nitrogen and oxygen atoms in total. The maximum atomic E-state index is 4.47. The summed E-state index contributed by atoms with van der Waals surface area (Å²) in [7, 11) is 4.02. The maximum absolute atomic E-state index is 4.47. The van der Waals surface area contributed by atoms with Crippen LogP contribution in [-0.2, 0) is 6.54 Å². The van der Waals surface area contributed by atoms with Crippen LogP contribution in [0.5, 0.6) is 0 Å². The standard InChI is InChI=1S/C14H19N3S/c1-10-5-11(2)7-12(6-10)17(4)14-16-9-13(18-14)8-15-3/h5-7,9,15H,8H2,1-4H3. The normalized spacial score (nSPS) is 10.7. The molecule has 0 saturated heterocycles. The molecule has 1 N–H and O–H groups in total. The summed E-state index contributed by atoms with van der Waals surface area (Å²) in [5.41, 5.74) is 3.76. The van der Waals surface area contributed by atoms with E-state index in [0.29, 0.717) is 0 Å². The van der Waals surface area contributed by atoms with Gasteiger partial charge in [-0.15, -0.1) is 11.3 Å². The van der Waals surface area contributed by atoms with Gasteiger partial charge in [-0.25, -0.2) is 4.98 Å². The summed E-state index contributed by atoms with van der Waals surface area (Å²) in [5.74, 6) is 0. The molecule has 0 aliphatic heterocycles. The van der Waals surface area contributed by atoms with Gasteiger partial charge in [0.25, 0.3) is 0 Å². The lowest BCUT2D eigenvalue weighted by molar-refractivity contribution is 0.829. The molecule has 18 heavy (non-hydrogen) atoms. The molecule has 2 rings (SSSR count). The number of nitrogens with zero attached hydrogens (tertiary/aromatic N) is 2. The summed E-state index contributed by atoms with van der Waals surface area (Å²) in [6.07, 6.45) is 1.94. The SMILES string of the molecule is CNCc1cnc(N(C)c2cc(C)cc(C)c2)s1. The number of nitrogens with one attached hydrogen (secondary N) is 1. The Bertz CT molecular complexity index is 513. The van der Waals surface area contributed by atoms with Crippen LogP contribution in [0.3, 0.4) is 0 Å². The molecule has 0 atom stereocenters. The van der Waals surface area contributed by atoms with Crippen molar-refractivity contribution in [1.82, 2.24) is 10.3 Å². The van der Waals surface area contributed by atoms with Crippen LogP contribution in [0, 0.1) is 13.8 Å². The molecular weight excluding hydrogens is 242 g/mol. The minimum atomic E-state index is 0.873. The Labute approximate surface area is 112 Å². The van der Waals surface area contributed by atoms with Crippen LogP contribution in [0.4, 0.5) is 10.8 Å². The third-order valence-corrected chi connectivity index (χ3v) is 3.85. The zero-order chi connectivity index (χ0) is 13.1. The van der Waals surface area contributed by atoms with Gasteiger partial charge in [0.2, 0.25) is 0 Å². The summed E-state index contributed by atoms with van der Waals surface area (Å²) in [6.45, 7) is 5.12. The van der Waals surface area contributed by atoms with Crippen molar-refractivity contribution in [3.8, 4) is 0 Å². The number of hydrogen-bond donors (Lipinski definition) is 1. The second-order valence-corrected chi connectivity index (χ2v) is 5.64. The highest BCUT2D eigenvalue weighted by atomic mass is 32.1. The van der Waals surface area contributed by atoms with Crippen molar-refractivity contribution < 1.29 is 0 Å². The molecule has 96 valence electrons. The van der Waals surface area contributed by atoms with Gasteiger partial charge in [-0.1, -0.05) is 6.07 Å². The molecule has 1 aromatic carbocycles. The zero-order valence-electron chi connectivity index (χ0n) is 11.3. The number of thiazole rings is 1. The van der Waals surface area contributed by atoms with Gasteiger partial charge >= 0.3 is 0 Å². The Balaban J connectivity index is 2.26. The number of aryl methyl sites for hydroxylation is 2. The van der Waals surface area contributed by atoms with E-state index in [4.69, 9.17) is 0 Å². The number of aromatic nitrogens is 1. The van der Waals surface area contributed by atoms with Crippen molar-refractivity contribution in [3.05, 3.63) is 40.4 Å². The Kier molecular flexibility index (Phi) is 3.99. The highest BCUT2D eigenvalue weighted by molar-refractivity contribution is 7.15. The van der Waals surface area contributed by atoms with E-state index in [1.54, 1.807) is 11.3 Å². The van der Waals surface area contributed by atoms with Crippen molar-refractivity contribution in [3.63, 3.8) is 0 Å². The van der Waals surface area contributed by atoms with Crippen molar-refractivity contribution in [1.29, 1.82) is 0 Å². The predicted molar refractivity (Wildman–Crippen MR) is 78.9 cm³/mol. The van der Waals surface area contributed by atoms with E-state index in [2.05, 4.69) is 54.3 Å². The lowest BCUT2D eigenvalue weighted by Crippen LogP contribution is -2.09. The first-order valence-corrected chi connectivity index (χ1v) is 6.83. The summed E-state index contributed by atoms with van der Waals surface area (Å²) < 4.78 is 0. The minimum Gasteiger partial charge on any atom is -0.321 e. The van der Waals surface area contributed by atoms with Crippen LogP contribution < -0.4 is 10.2 Å². The van der Waals surface area contributed by atoms with Crippen LogP contribution in [0.25, 0.3) is 0 Å². The Morgan fingerprint density at radius 1 is 1.22 bits per heavy atom. The molecular formula is C14H19N3S. The summed E-state index contributed by atoms with van der Waals surface area (Å²) in [4.78, 5) is 7.87. The topological polar surface area (TPSA) is 28.2 Å². The number of anilines is 2. The zero-order valence-corrected chi connectivity index (χ0v) is 12.1. The molecule has 4 heteroatoms. The molecule has 0 bridgehead atoms. The van der Waals surface area contributed by atoms with Crippen LogP contribution in [0.2, 0.25) is 0 Å². The molecule has 0 radical (unpaired) electrons. The number of benzene rings is 1. The second kappa shape index (κ2) is 5.50. The second-order valence-electron chi connectivity index (χ2n) is 4.54. The van der Waals surface area contributed by atoms with Crippen molar-refractivity contribution in [2.45, 2.75) is 20.4 Å². The van der Waals surface area contributed by atoms with Gasteiger partial charge in [0, 0.05) is 30.4 Å². The first-order chi connectivity index (χ1) is 8.60. The average molecular weight is 261 g/mol.